The summed E-state index contributed by atoms with van der Waals surface area (Å²) in [5.74, 6) is 1.04. The lowest BCUT2D eigenvalue weighted by Crippen LogP contribution is -2.36. The van der Waals surface area contributed by atoms with E-state index in [-0.39, 0.29) is 6.03 Å². The minimum atomic E-state index is -0.00264. The van der Waals surface area contributed by atoms with Gasteiger partial charge < -0.3 is 20.7 Å². The summed E-state index contributed by atoms with van der Waals surface area (Å²) in [7, 11) is 0. The molecular formula is C13H23N3O2S. The number of hydrogen-bond acceptors (Lipinski definition) is 4. The highest BCUT2D eigenvalue weighted by Crippen LogP contribution is 2.32. The van der Waals surface area contributed by atoms with Crippen molar-refractivity contribution in [2.45, 2.75) is 49.4 Å². The van der Waals surface area contributed by atoms with Crippen molar-refractivity contribution in [1.29, 1.82) is 0 Å². The molecule has 0 aliphatic carbocycles. The summed E-state index contributed by atoms with van der Waals surface area (Å²) in [6.07, 6.45) is 6.09. The predicted octanol–water partition coefficient (Wildman–Crippen LogP) is 0.891. The van der Waals surface area contributed by atoms with Gasteiger partial charge in [-0.25, -0.2) is 4.79 Å². The molecule has 3 unspecified atom stereocenters. The van der Waals surface area contributed by atoms with Crippen LogP contribution in [0.5, 0.6) is 0 Å². The fourth-order valence-corrected chi connectivity index (χ4v) is 4.22. The molecule has 0 aromatic rings. The molecule has 0 spiro atoms. The largest absolute Gasteiger partial charge is 0.332 e. The van der Waals surface area contributed by atoms with E-state index in [1.54, 1.807) is 0 Å². The van der Waals surface area contributed by atoms with Crippen LogP contribution in [0.1, 0.15) is 32.1 Å². The maximum Gasteiger partial charge on any atom is 0.315 e. The Bertz CT molecular complexity index is 314. The third kappa shape index (κ3) is 4.38. The monoisotopic (exact) mass is 285 g/mol. The van der Waals surface area contributed by atoms with Gasteiger partial charge in [-0.3, -0.25) is 0 Å². The summed E-state index contributed by atoms with van der Waals surface area (Å²) < 4.78 is 0. The lowest BCUT2D eigenvalue weighted by atomic mass is 10.0. The number of unbranched alkanes of at least 4 members (excludes halogenated alkanes) is 2. The van der Waals surface area contributed by atoms with E-state index in [4.69, 9.17) is 0 Å². The van der Waals surface area contributed by atoms with Gasteiger partial charge in [0.15, 0.2) is 0 Å². The van der Waals surface area contributed by atoms with Gasteiger partial charge in [0.25, 0.3) is 0 Å². The topological polar surface area (TPSA) is 70.2 Å². The van der Waals surface area contributed by atoms with Crippen LogP contribution in [0.15, 0.2) is 0 Å². The maximum absolute atomic E-state index is 11.2. The summed E-state index contributed by atoms with van der Waals surface area (Å²) in [5.41, 5.74) is 0. The number of carbonyl (C=O) groups excluding carboxylic acids is 2. The van der Waals surface area contributed by atoms with Crippen LogP contribution < -0.4 is 16.0 Å². The number of aldehydes is 1. The molecule has 19 heavy (non-hydrogen) atoms. The zero-order chi connectivity index (χ0) is 13.5. The number of thioether (sulfide) groups is 1. The number of carbonyl (C=O) groups is 2. The van der Waals surface area contributed by atoms with E-state index in [0.29, 0.717) is 23.8 Å². The molecule has 3 N–H and O–H groups in total. The highest BCUT2D eigenvalue weighted by molar-refractivity contribution is 8.00. The molecule has 5 nitrogen and oxygen atoms in total. The third-order valence-corrected chi connectivity index (χ3v) is 5.21. The number of rotatable bonds is 9. The summed E-state index contributed by atoms with van der Waals surface area (Å²) >= 11 is 1.97. The maximum atomic E-state index is 11.2. The molecule has 6 heteroatoms. The molecule has 3 atom stereocenters. The van der Waals surface area contributed by atoms with Gasteiger partial charge in [-0.15, -0.1) is 0 Å². The number of hydrogen-bond donors (Lipinski definition) is 3. The molecule has 0 aromatic carbocycles. The normalized spacial score (nSPS) is 28.8. The van der Waals surface area contributed by atoms with Crippen molar-refractivity contribution in [3.63, 3.8) is 0 Å². The van der Waals surface area contributed by atoms with E-state index in [1.807, 2.05) is 11.8 Å². The van der Waals surface area contributed by atoms with E-state index in [1.165, 1.54) is 12.8 Å². The summed E-state index contributed by atoms with van der Waals surface area (Å²) in [6.45, 7) is 1.95. The molecule has 2 amide bonds. The first-order chi connectivity index (χ1) is 9.31. The second-order valence-corrected chi connectivity index (χ2v) is 6.45. The van der Waals surface area contributed by atoms with Crippen molar-refractivity contribution in [2.75, 3.05) is 18.8 Å². The minimum absolute atomic E-state index is 0.00264. The minimum Gasteiger partial charge on any atom is -0.332 e. The van der Waals surface area contributed by atoms with Gasteiger partial charge in [0.05, 0.1) is 12.1 Å². The molecular weight excluding hydrogens is 262 g/mol. The Morgan fingerprint density at radius 3 is 2.95 bits per heavy atom. The van der Waals surface area contributed by atoms with Gasteiger partial charge in [0, 0.05) is 17.4 Å². The molecule has 2 heterocycles. The first-order valence-corrected chi connectivity index (χ1v) is 8.19. The highest BCUT2D eigenvalue weighted by Gasteiger charge is 2.42. The van der Waals surface area contributed by atoms with Crippen LogP contribution in [0.4, 0.5) is 4.79 Å². The first kappa shape index (κ1) is 14.7. The Balaban J connectivity index is 1.50. The number of nitrogens with one attached hydrogen (secondary N) is 3. The Hall–Kier alpha value is -0.750. The smallest absolute Gasteiger partial charge is 0.315 e. The zero-order valence-electron chi connectivity index (χ0n) is 11.2. The third-order valence-electron chi connectivity index (χ3n) is 3.71. The number of fused-ring (bicyclic) bond motifs is 1. The average molecular weight is 285 g/mol. The van der Waals surface area contributed by atoms with Gasteiger partial charge in [0.1, 0.15) is 6.29 Å². The van der Waals surface area contributed by atoms with Gasteiger partial charge in [0.2, 0.25) is 0 Å². The molecule has 0 bridgehead atoms. The molecule has 0 saturated carbocycles. The number of urea groups is 1. The standard InChI is InChI=1S/C13H23N3O2S/c17-8-4-3-7-14-6-2-1-5-11-12-10(9-19-11)15-13(18)16-12/h8,10-12,14H,1-7,9H2,(H2,15,16,18). The van der Waals surface area contributed by atoms with Crippen LogP contribution in [0.3, 0.4) is 0 Å². The van der Waals surface area contributed by atoms with Gasteiger partial charge in [-0.05, 0) is 32.4 Å². The Morgan fingerprint density at radius 1 is 1.26 bits per heavy atom. The fraction of sp³-hybridized carbons (Fsp3) is 0.846. The van der Waals surface area contributed by atoms with Crippen molar-refractivity contribution in [3.8, 4) is 0 Å². The second kappa shape index (κ2) is 7.75. The Morgan fingerprint density at radius 2 is 2.11 bits per heavy atom. The van der Waals surface area contributed by atoms with Crippen LogP contribution in [0.2, 0.25) is 0 Å². The van der Waals surface area contributed by atoms with Gasteiger partial charge in [-0.2, -0.15) is 11.8 Å². The lowest BCUT2D eigenvalue weighted by molar-refractivity contribution is -0.107. The molecule has 0 aromatic heterocycles. The van der Waals surface area contributed by atoms with E-state index < -0.39 is 0 Å². The van der Waals surface area contributed by atoms with Crippen molar-refractivity contribution in [3.05, 3.63) is 0 Å². The zero-order valence-corrected chi connectivity index (χ0v) is 12.0. The molecule has 0 radical (unpaired) electrons. The van der Waals surface area contributed by atoms with E-state index in [2.05, 4.69) is 16.0 Å². The molecule has 2 fully saturated rings. The highest BCUT2D eigenvalue weighted by atomic mass is 32.2. The van der Waals surface area contributed by atoms with Crippen LogP contribution in [-0.2, 0) is 4.79 Å². The first-order valence-electron chi connectivity index (χ1n) is 7.14. The Labute approximate surface area is 118 Å². The SMILES string of the molecule is O=CCCCNCCCCC1SCC2NC(=O)NC21. The molecule has 2 rings (SSSR count). The predicted molar refractivity (Wildman–Crippen MR) is 77.5 cm³/mol. The molecule has 2 saturated heterocycles. The fourth-order valence-electron chi connectivity index (χ4n) is 2.67. The van der Waals surface area contributed by atoms with E-state index in [9.17, 15) is 9.59 Å². The molecule has 108 valence electrons. The van der Waals surface area contributed by atoms with Crippen LogP contribution >= 0.6 is 11.8 Å². The van der Waals surface area contributed by atoms with Crippen LogP contribution in [-0.4, -0.2) is 48.5 Å². The quantitative estimate of drug-likeness (QED) is 0.334. The van der Waals surface area contributed by atoms with Crippen molar-refractivity contribution < 1.29 is 9.59 Å². The summed E-state index contributed by atoms with van der Waals surface area (Å²) in [4.78, 5) is 21.4. The van der Waals surface area contributed by atoms with Gasteiger partial charge in [-0.1, -0.05) is 6.42 Å². The average Bonchev–Trinajstić information content (AvgIpc) is 2.92. The van der Waals surface area contributed by atoms with E-state index >= 15 is 0 Å². The van der Waals surface area contributed by atoms with Gasteiger partial charge >= 0.3 is 6.03 Å². The summed E-state index contributed by atoms with van der Waals surface area (Å²) in [5, 5.41) is 9.91. The second-order valence-electron chi connectivity index (χ2n) is 5.18. The van der Waals surface area contributed by atoms with Crippen LogP contribution in [0, 0.1) is 0 Å². The van der Waals surface area contributed by atoms with Crippen molar-refractivity contribution in [1.82, 2.24) is 16.0 Å². The van der Waals surface area contributed by atoms with Crippen LogP contribution in [0.25, 0.3) is 0 Å². The molecule has 2 aliphatic rings. The van der Waals surface area contributed by atoms with E-state index in [0.717, 1.165) is 38.0 Å². The Kier molecular flexibility index (Phi) is 5.97. The van der Waals surface area contributed by atoms with Crippen molar-refractivity contribution in [2.24, 2.45) is 0 Å². The lowest BCUT2D eigenvalue weighted by Gasteiger charge is -2.16. The number of amides is 2. The summed E-state index contributed by atoms with van der Waals surface area (Å²) in [6, 6.07) is 0.666. The molecule has 2 aliphatic heterocycles. The van der Waals surface area contributed by atoms with Crippen molar-refractivity contribution >= 4 is 24.1 Å².